The van der Waals surface area contributed by atoms with Crippen molar-refractivity contribution in [3.05, 3.63) is 63.4 Å². The van der Waals surface area contributed by atoms with Gasteiger partial charge >= 0.3 is 0 Å². The Kier molecular flexibility index (Phi) is 4.26. The van der Waals surface area contributed by atoms with Crippen LogP contribution in [-0.2, 0) is 6.61 Å². The summed E-state index contributed by atoms with van der Waals surface area (Å²) < 4.78 is 19.2. The molecule has 2 aromatic rings. The van der Waals surface area contributed by atoms with Gasteiger partial charge < -0.3 is 4.74 Å². The number of ether oxygens (including phenoxy) is 1. The minimum Gasteiger partial charge on any atom is -0.486 e. The zero-order valence-corrected chi connectivity index (χ0v) is 11.2. The van der Waals surface area contributed by atoms with Gasteiger partial charge in [-0.15, -0.1) is 0 Å². The fourth-order valence-electron chi connectivity index (χ4n) is 1.55. The molecule has 0 heterocycles. The Bertz CT molecular complexity index is 632. The van der Waals surface area contributed by atoms with Gasteiger partial charge in [0.15, 0.2) is 5.75 Å². The number of rotatable bonds is 3. The molecule has 0 N–H and O–H groups in total. The molecule has 0 atom stereocenters. The summed E-state index contributed by atoms with van der Waals surface area (Å²) in [6.07, 6.45) is 0. The van der Waals surface area contributed by atoms with Gasteiger partial charge in [-0.2, -0.15) is 5.26 Å². The molecule has 0 radical (unpaired) electrons. The molecule has 2 nitrogen and oxygen atoms in total. The molecule has 96 valence electrons. The van der Waals surface area contributed by atoms with E-state index in [0.717, 1.165) is 0 Å². The molecular weight excluding hydrogens is 288 g/mol. The van der Waals surface area contributed by atoms with Gasteiger partial charge in [0.25, 0.3) is 0 Å². The Morgan fingerprint density at radius 1 is 1.11 bits per heavy atom. The van der Waals surface area contributed by atoms with E-state index in [2.05, 4.69) is 0 Å². The van der Waals surface area contributed by atoms with E-state index >= 15 is 0 Å². The number of nitriles is 1. The molecule has 5 heteroatoms. The lowest BCUT2D eigenvalue weighted by molar-refractivity contribution is 0.300. The van der Waals surface area contributed by atoms with Crippen LogP contribution in [0.2, 0.25) is 10.0 Å². The number of nitrogens with zero attached hydrogens (tertiary/aromatic N) is 1. The summed E-state index contributed by atoms with van der Waals surface area (Å²) in [5.74, 6) is -0.291. The van der Waals surface area contributed by atoms with Crippen molar-refractivity contribution in [3.8, 4) is 11.8 Å². The van der Waals surface area contributed by atoms with Crippen molar-refractivity contribution in [2.75, 3.05) is 0 Å². The fourth-order valence-corrected chi connectivity index (χ4v) is 2.05. The number of halogens is 3. The monoisotopic (exact) mass is 295 g/mol. The third-order valence-electron chi connectivity index (χ3n) is 2.49. The third-order valence-corrected chi connectivity index (χ3v) is 3.09. The Labute approximate surface area is 119 Å². The maximum absolute atomic E-state index is 13.8. The first-order valence-electron chi connectivity index (χ1n) is 5.37. The second-order valence-corrected chi connectivity index (χ2v) is 4.54. The van der Waals surface area contributed by atoms with Gasteiger partial charge in [0.1, 0.15) is 18.5 Å². The minimum atomic E-state index is -0.590. The van der Waals surface area contributed by atoms with E-state index in [0.29, 0.717) is 15.8 Å². The van der Waals surface area contributed by atoms with Crippen LogP contribution in [0.1, 0.15) is 11.1 Å². The average molecular weight is 296 g/mol. The van der Waals surface area contributed by atoms with E-state index in [1.165, 1.54) is 6.07 Å². The van der Waals surface area contributed by atoms with Crippen LogP contribution in [0.15, 0.2) is 36.4 Å². The molecule has 0 bridgehead atoms. The highest BCUT2D eigenvalue weighted by molar-refractivity contribution is 6.37. The smallest absolute Gasteiger partial charge is 0.156 e. The van der Waals surface area contributed by atoms with Crippen LogP contribution in [0, 0.1) is 17.1 Å². The molecular formula is C14H8Cl2FNO. The van der Waals surface area contributed by atoms with Crippen LogP contribution in [0.25, 0.3) is 0 Å². The summed E-state index contributed by atoms with van der Waals surface area (Å²) in [6.45, 7) is -0.0508. The quantitative estimate of drug-likeness (QED) is 0.830. The van der Waals surface area contributed by atoms with Crippen molar-refractivity contribution in [1.82, 2.24) is 0 Å². The molecule has 0 spiro atoms. The SMILES string of the molecule is N#Cc1cccc(COc2c(Cl)cccc2Cl)c1F. The molecule has 0 aliphatic carbocycles. The van der Waals surface area contributed by atoms with Crippen LogP contribution in [0.4, 0.5) is 4.39 Å². The lowest BCUT2D eigenvalue weighted by Gasteiger charge is -2.10. The molecule has 19 heavy (non-hydrogen) atoms. The standard InChI is InChI=1S/C14H8Cl2FNO/c15-11-5-2-6-12(16)14(11)19-8-10-4-1-3-9(7-18)13(10)17/h1-6H,8H2. The molecule has 0 saturated carbocycles. The van der Waals surface area contributed by atoms with Gasteiger partial charge in [0, 0.05) is 5.56 Å². The van der Waals surface area contributed by atoms with E-state index in [1.807, 2.05) is 0 Å². The van der Waals surface area contributed by atoms with Gasteiger partial charge in [-0.1, -0.05) is 41.4 Å². The Morgan fingerprint density at radius 2 is 1.74 bits per heavy atom. The summed E-state index contributed by atoms with van der Waals surface area (Å²) in [5, 5.41) is 9.45. The van der Waals surface area contributed by atoms with Crippen molar-refractivity contribution in [3.63, 3.8) is 0 Å². The first kappa shape index (κ1) is 13.7. The number of hydrogen-bond donors (Lipinski definition) is 0. The zero-order chi connectivity index (χ0) is 13.8. The number of hydrogen-bond acceptors (Lipinski definition) is 2. The van der Waals surface area contributed by atoms with Gasteiger partial charge in [-0.05, 0) is 18.2 Å². The summed E-state index contributed by atoms with van der Waals surface area (Å²) in [4.78, 5) is 0. The average Bonchev–Trinajstić information content (AvgIpc) is 2.40. The Balaban J connectivity index is 2.22. The van der Waals surface area contributed by atoms with Crippen molar-refractivity contribution in [2.24, 2.45) is 0 Å². The van der Waals surface area contributed by atoms with E-state index in [9.17, 15) is 4.39 Å². The molecule has 0 fully saturated rings. The topological polar surface area (TPSA) is 33.0 Å². The minimum absolute atomic E-state index is 0.0219. The summed E-state index contributed by atoms with van der Waals surface area (Å²) in [7, 11) is 0. The van der Waals surface area contributed by atoms with Crippen molar-refractivity contribution >= 4 is 23.2 Å². The second-order valence-electron chi connectivity index (χ2n) is 3.73. The maximum Gasteiger partial charge on any atom is 0.156 e. The highest BCUT2D eigenvalue weighted by atomic mass is 35.5. The van der Waals surface area contributed by atoms with E-state index in [1.54, 1.807) is 36.4 Å². The first-order valence-corrected chi connectivity index (χ1v) is 6.13. The van der Waals surface area contributed by atoms with Crippen molar-refractivity contribution in [1.29, 1.82) is 5.26 Å². The molecule has 0 amide bonds. The lowest BCUT2D eigenvalue weighted by atomic mass is 10.1. The van der Waals surface area contributed by atoms with Crippen LogP contribution in [0.3, 0.4) is 0 Å². The van der Waals surface area contributed by atoms with Gasteiger partial charge in [-0.25, -0.2) is 4.39 Å². The predicted octanol–water partition coefficient (Wildman–Crippen LogP) is 4.58. The van der Waals surface area contributed by atoms with Crippen LogP contribution < -0.4 is 4.74 Å². The first-order chi connectivity index (χ1) is 9.13. The van der Waals surface area contributed by atoms with E-state index in [-0.39, 0.29) is 17.7 Å². The number of benzene rings is 2. The Morgan fingerprint density at radius 3 is 2.37 bits per heavy atom. The maximum atomic E-state index is 13.8. The fraction of sp³-hybridized carbons (Fsp3) is 0.0714. The van der Waals surface area contributed by atoms with Gasteiger partial charge in [0.2, 0.25) is 0 Å². The lowest BCUT2D eigenvalue weighted by Crippen LogP contribution is -2.01. The second kappa shape index (κ2) is 5.92. The highest BCUT2D eigenvalue weighted by Crippen LogP contribution is 2.33. The molecule has 0 unspecified atom stereocenters. The number of para-hydroxylation sites is 1. The largest absolute Gasteiger partial charge is 0.486 e. The van der Waals surface area contributed by atoms with Crippen LogP contribution >= 0.6 is 23.2 Å². The van der Waals surface area contributed by atoms with Gasteiger partial charge in [-0.3, -0.25) is 0 Å². The molecule has 0 saturated heterocycles. The van der Waals surface area contributed by atoms with Crippen LogP contribution in [-0.4, -0.2) is 0 Å². The van der Waals surface area contributed by atoms with Crippen LogP contribution in [0.5, 0.6) is 5.75 Å². The van der Waals surface area contributed by atoms with E-state index in [4.69, 9.17) is 33.2 Å². The molecule has 0 aliphatic rings. The van der Waals surface area contributed by atoms with Gasteiger partial charge in [0.05, 0.1) is 15.6 Å². The molecule has 2 aromatic carbocycles. The Hall–Kier alpha value is -1.76. The highest BCUT2D eigenvalue weighted by Gasteiger charge is 2.11. The van der Waals surface area contributed by atoms with Crippen molar-refractivity contribution < 1.29 is 9.13 Å². The molecule has 2 rings (SSSR count). The summed E-state index contributed by atoms with van der Waals surface area (Å²) in [5.41, 5.74) is 0.251. The van der Waals surface area contributed by atoms with Crippen molar-refractivity contribution in [2.45, 2.75) is 6.61 Å². The summed E-state index contributed by atoms with van der Waals surface area (Å²) in [6, 6.07) is 11.3. The van der Waals surface area contributed by atoms with E-state index < -0.39 is 5.82 Å². The third kappa shape index (κ3) is 2.98. The normalized spacial score (nSPS) is 10.0. The zero-order valence-electron chi connectivity index (χ0n) is 9.66. The predicted molar refractivity (Wildman–Crippen MR) is 71.9 cm³/mol. The summed E-state index contributed by atoms with van der Waals surface area (Å²) >= 11 is 11.9. The molecule has 0 aliphatic heterocycles. The molecule has 0 aromatic heterocycles.